The van der Waals surface area contributed by atoms with E-state index in [4.69, 9.17) is 4.74 Å². The molecule has 0 bridgehead atoms. The highest BCUT2D eigenvalue weighted by molar-refractivity contribution is 4.74. The quantitative estimate of drug-likeness (QED) is 0.618. The zero-order valence-electron chi connectivity index (χ0n) is 8.93. The molecule has 1 aliphatic carbocycles. The molecule has 1 saturated carbocycles. The van der Waals surface area contributed by atoms with E-state index in [9.17, 15) is 0 Å². The highest BCUT2D eigenvalue weighted by Gasteiger charge is 2.20. The molecule has 1 aliphatic heterocycles. The molecule has 0 spiro atoms. The Kier molecular flexibility index (Phi) is 4.22. The molecule has 0 amide bonds. The van der Waals surface area contributed by atoms with E-state index in [0.29, 0.717) is 6.04 Å². The molecular weight excluding hydrogens is 176 g/mol. The highest BCUT2D eigenvalue weighted by Crippen LogP contribution is 2.31. The first-order valence-corrected chi connectivity index (χ1v) is 5.97. The molecule has 3 nitrogen and oxygen atoms in total. The maximum atomic E-state index is 5.40. The fraction of sp³-hybridized carbons (Fsp3) is 1.00. The number of hydrogen-bond acceptors (Lipinski definition) is 3. The van der Waals surface area contributed by atoms with Gasteiger partial charge < -0.3 is 15.4 Å². The van der Waals surface area contributed by atoms with Gasteiger partial charge in [-0.3, -0.25) is 0 Å². The van der Waals surface area contributed by atoms with Gasteiger partial charge >= 0.3 is 0 Å². The minimum atomic E-state index is 0.581. The molecule has 82 valence electrons. The third-order valence-corrected chi connectivity index (χ3v) is 3.09. The summed E-state index contributed by atoms with van der Waals surface area (Å²) in [7, 11) is 0. The van der Waals surface area contributed by atoms with Gasteiger partial charge in [-0.05, 0) is 31.8 Å². The second-order valence-corrected chi connectivity index (χ2v) is 4.50. The van der Waals surface area contributed by atoms with Crippen LogP contribution in [-0.4, -0.2) is 38.9 Å². The zero-order valence-corrected chi connectivity index (χ0v) is 8.93. The van der Waals surface area contributed by atoms with Gasteiger partial charge in [0.15, 0.2) is 0 Å². The Morgan fingerprint density at radius 2 is 2.07 bits per heavy atom. The van der Waals surface area contributed by atoms with Crippen molar-refractivity contribution in [3.63, 3.8) is 0 Å². The SMILES string of the molecule is C(CC1CC1)NCCC1COCCN1. The van der Waals surface area contributed by atoms with E-state index in [0.717, 1.165) is 32.2 Å². The molecule has 2 fully saturated rings. The van der Waals surface area contributed by atoms with Crippen LogP contribution in [0.1, 0.15) is 25.7 Å². The Morgan fingerprint density at radius 3 is 2.79 bits per heavy atom. The molecule has 2 N–H and O–H groups in total. The summed E-state index contributed by atoms with van der Waals surface area (Å²) in [5.74, 6) is 1.05. The van der Waals surface area contributed by atoms with Crippen molar-refractivity contribution in [3.8, 4) is 0 Å². The first-order chi connectivity index (χ1) is 6.95. The summed E-state index contributed by atoms with van der Waals surface area (Å²) in [6.45, 7) is 5.13. The molecule has 0 aromatic rings. The van der Waals surface area contributed by atoms with Crippen molar-refractivity contribution in [3.05, 3.63) is 0 Å². The monoisotopic (exact) mass is 198 g/mol. The molecule has 2 rings (SSSR count). The van der Waals surface area contributed by atoms with Crippen molar-refractivity contribution in [2.24, 2.45) is 5.92 Å². The van der Waals surface area contributed by atoms with Crippen LogP contribution in [0.2, 0.25) is 0 Å². The summed E-state index contributed by atoms with van der Waals surface area (Å²) in [5, 5.41) is 6.97. The third-order valence-electron chi connectivity index (χ3n) is 3.09. The minimum absolute atomic E-state index is 0.581. The van der Waals surface area contributed by atoms with E-state index in [-0.39, 0.29) is 0 Å². The van der Waals surface area contributed by atoms with Crippen LogP contribution < -0.4 is 10.6 Å². The molecule has 1 unspecified atom stereocenters. The molecule has 0 aromatic carbocycles. The van der Waals surface area contributed by atoms with Gasteiger partial charge in [-0.1, -0.05) is 12.8 Å². The third kappa shape index (κ3) is 3.95. The zero-order chi connectivity index (χ0) is 9.64. The van der Waals surface area contributed by atoms with Crippen molar-refractivity contribution in [2.45, 2.75) is 31.7 Å². The number of nitrogens with one attached hydrogen (secondary N) is 2. The van der Waals surface area contributed by atoms with Crippen molar-refractivity contribution < 1.29 is 4.74 Å². The van der Waals surface area contributed by atoms with Crippen LogP contribution >= 0.6 is 0 Å². The average Bonchev–Trinajstić information content (AvgIpc) is 3.03. The summed E-state index contributed by atoms with van der Waals surface area (Å²) in [5.41, 5.74) is 0. The van der Waals surface area contributed by atoms with Crippen molar-refractivity contribution >= 4 is 0 Å². The predicted molar refractivity (Wildman–Crippen MR) is 57.4 cm³/mol. The summed E-state index contributed by atoms with van der Waals surface area (Å²) in [4.78, 5) is 0. The van der Waals surface area contributed by atoms with Crippen molar-refractivity contribution in [2.75, 3.05) is 32.8 Å². The van der Waals surface area contributed by atoms with E-state index in [1.807, 2.05) is 0 Å². The van der Waals surface area contributed by atoms with Crippen LogP contribution in [0.4, 0.5) is 0 Å². The number of hydrogen-bond donors (Lipinski definition) is 2. The largest absolute Gasteiger partial charge is 0.379 e. The van der Waals surface area contributed by atoms with E-state index in [2.05, 4.69) is 10.6 Å². The van der Waals surface area contributed by atoms with Gasteiger partial charge in [0, 0.05) is 12.6 Å². The van der Waals surface area contributed by atoms with Gasteiger partial charge in [0.2, 0.25) is 0 Å². The van der Waals surface area contributed by atoms with Crippen LogP contribution in [0, 0.1) is 5.92 Å². The Labute approximate surface area is 86.6 Å². The maximum absolute atomic E-state index is 5.40. The molecule has 0 radical (unpaired) electrons. The normalized spacial score (nSPS) is 27.9. The summed E-state index contributed by atoms with van der Waals surface area (Å²) in [6, 6.07) is 0.581. The van der Waals surface area contributed by atoms with Gasteiger partial charge in [0.25, 0.3) is 0 Å². The molecule has 1 heterocycles. The maximum Gasteiger partial charge on any atom is 0.0620 e. The van der Waals surface area contributed by atoms with Gasteiger partial charge in [-0.2, -0.15) is 0 Å². The van der Waals surface area contributed by atoms with Crippen molar-refractivity contribution in [1.29, 1.82) is 0 Å². The Bertz CT molecular complexity index is 153. The fourth-order valence-electron chi connectivity index (χ4n) is 1.92. The molecule has 14 heavy (non-hydrogen) atoms. The topological polar surface area (TPSA) is 33.3 Å². The molecular formula is C11H22N2O. The Hall–Kier alpha value is -0.120. The Morgan fingerprint density at radius 1 is 1.21 bits per heavy atom. The first kappa shape index (κ1) is 10.4. The van der Waals surface area contributed by atoms with Gasteiger partial charge in [-0.15, -0.1) is 0 Å². The van der Waals surface area contributed by atoms with Crippen molar-refractivity contribution in [1.82, 2.24) is 10.6 Å². The van der Waals surface area contributed by atoms with Gasteiger partial charge in [-0.25, -0.2) is 0 Å². The highest BCUT2D eigenvalue weighted by atomic mass is 16.5. The number of morpholine rings is 1. The predicted octanol–water partition coefficient (Wildman–Crippen LogP) is 0.755. The van der Waals surface area contributed by atoms with Crippen LogP contribution in [0.15, 0.2) is 0 Å². The van der Waals surface area contributed by atoms with E-state index in [1.165, 1.54) is 32.2 Å². The summed E-state index contributed by atoms with van der Waals surface area (Å²) in [6.07, 6.45) is 5.53. The van der Waals surface area contributed by atoms with Crippen LogP contribution in [0.3, 0.4) is 0 Å². The lowest BCUT2D eigenvalue weighted by molar-refractivity contribution is 0.0743. The lowest BCUT2D eigenvalue weighted by atomic mass is 10.2. The lowest BCUT2D eigenvalue weighted by Gasteiger charge is -2.23. The summed E-state index contributed by atoms with van der Waals surface area (Å²) < 4.78 is 5.40. The van der Waals surface area contributed by atoms with Gasteiger partial charge in [0.05, 0.1) is 13.2 Å². The molecule has 0 aromatic heterocycles. The fourth-order valence-corrected chi connectivity index (χ4v) is 1.92. The standard InChI is InChI=1S/C11H22N2O/c1-2-10(1)3-5-12-6-4-11-9-14-8-7-13-11/h10-13H,1-9H2. The number of rotatable bonds is 6. The molecule has 2 aliphatic rings. The second-order valence-electron chi connectivity index (χ2n) is 4.50. The molecule has 3 heteroatoms. The van der Waals surface area contributed by atoms with Crippen LogP contribution in [0.5, 0.6) is 0 Å². The van der Waals surface area contributed by atoms with Crippen LogP contribution in [-0.2, 0) is 4.74 Å². The van der Waals surface area contributed by atoms with E-state index >= 15 is 0 Å². The number of ether oxygens (including phenoxy) is 1. The van der Waals surface area contributed by atoms with E-state index < -0.39 is 0 Å². The Balaban J connectivity index is 1.41. The summed E-state index contributed by atoms with van der Waals surface area (Å²) >= 11 is 0. The first-order valence-electron chi connectivity index (χ1n) is 5.97. The smallest absolute Gasteiger partial charge is 0.0620 e. The van der Waals surface area contributed by atoms with E-state index in [1.54, 1.807) is 0 Å². The lowest BCUT2D eigenvalue weighted by Crippen LogP contribution is -2.42. The molecule has 1 saturated heterocycles. The average molecular weight is 198 g/mol. The van der Waals surface area contributed by atoms with Crippen LogP contribution in [0.25, 0.3) is 0 Å². The minimum Gasteiger partial charge on any atom is -0.379 e. The molecule has 1 atom stereocenters. The second kappa shape index (κ2) is 5.69. The van der Waals surface area contributed by atoms with Gasteiger partial charge in [0.1, 0.15) is 0 Å².